The summed E-state index contributed by atoms with van der Waals surface area (Å²) in [5.41, 5.74) is 5.02. The molecule has 0 aliphatic rings. The quantitative estimate of drug-likeness (QED) is 0.343. The maximum absolute atomic E-state index is 12.0. The Labute approximate surface area is 125 Å². The number of nitrogens with two attached hydrogens (primary N) is 1. The molecule has 4 N–H and O–H groups in total. The van der Waals surface area contributed by atoms with Crippen LogP contribution in [0.2, 0.25) is 0 Å². The SMILES string of the molecule is CC(C)(C)OC(=O)NC(C)(Cc1ccccc1)C(N)=NO. The van der Waals surface area contributed by atoms with Crippen LogP contribution in [0.5, 0.6) is 0 Å². The van der Waals surface area contributed by atoms with E-state index in [0.29, 0.717) is 6.42 Å². The van der Waals surface area contributed by atoms with Crippen LogP contribution in [0, 0.1) is 0 Å². The lowest BCUT2D eigenvalue weighted by Gasteiger charge is -2.31. The molecule has 0 aliphatic heterocycles. The van der Waals surface area contributed by atoms with E-state index in [-0.39, 0.29) is 5.84 Å². The highest BCUT2D eigenvalue weighted by atomic mass is 16.6. The molecule has 6 heteroatoms. The van der Waals surface area contributed by atoms with Gasteiger partial charge < -0.3 is 21.0 Å². The monoisotopic (exact) mass is 293 g/mol. The van der Waals surface area contributed by atoms with Crippen LogP contribution in [0.1, 0.15) is 33.3 Å². The second-order valence-corrected chi connectivity index (χ2v) is 6.11. The zero-order valence-corrected chi connectivity index (χ0v) is 12.9. The number of carbonyl (C=O) groups is 1. The minimum absolute atomic E-state index is 0.0859. The fourth-order valence-corrected chi connectivity index (χ4v) is 1.84. The lowest BCUT2D eigenvalue weighted by Crippen LogP contribution is -2.57. The van der Waals surface area contributed by atoms with Crippen molar-refractivity contribution in [2.75, 3.05) is 0 Å². The van der Waals surface area contributed by atoms with Crippen molar-refractivity contribution < 1.29 is 14.7 Å². The molecule has 0 bridgehead atoms. The summed E-state index contributed by atoms with van der Waals surface area (Å²) in [6.07, 6.45) is -0.240. The molecule has 1 aromatic rings. The first-order valence-corrected chi connectivity index (χ1v) is 6.69. The summed E-state index contributed by atoms with van der Waals surface area (Å²) < 4.78 is 5.22. The average Bonchev–Trinajstić information content (AvgIpc) is 2.36. The molecule has 6 nitrogen and oxygen atoms in total. The minimum Gasteiger partial charge on any atom is -0.444 e. The Morgan fingerprint density at radius 1 is 1.29 bits per heavy atom. The molecule has 0 spiro atoms. The van der Waals surface area contributed by atoms with Crippen molar-refractivity contribution in [3.05, 3.63) is 35.9 Å². The Bertz CT molecular complexity index is 509. The molecule has 0 saturated carbocycles. The first-order valence-electron chi connectivity index (χ1n) is 6.69. The van der Waals surface area contributed by atoms with Crippen LogP contribution in [-0.4, -0.2) is 28.3 Å². The Morgan fingerprint density at radius 3 is 2.33 bits per heavy atom. The molecule has 0 saturated heterocycles. The predicted octanol–water partition coefficient (Wildman–Crippen LogP) is 2.26. The van der Waals surface area contributed by atoms with Gasteiger partial charge in [-0.3, -0.25) is 0 Å². The van der Waals surface area contributed by atoms with E-state index in [1.807, 2.05) is 30.3 Å². The van der Waals surface area contributed by atoms with E-state index in [1.54, 1.807) is 27.7 Å². The number of hydrogen-bond acceptors (Lipinski definition) is 4. The summed E-state index contributed by atoms with van der Waals surface area (Å²) in [7, 11) is 0. The highest BCUT2D eigenvalue weighted by molar-refractivity contribution is 5.92. The van der Waals surface area contributed by atoms with Crippen LogP contribution < -0.4 is 11.1 Å². The first-order chi connectivity index (χ1) is 9.66. The predicted molar refractivity (Wildman–Crippen MR) is 81.3 cm³/mol. The van der Waals surface area contributed by atoms with Gasteiger partial charge >= 0.3 is 6.09 Å². The molecule has 0 radical (unpaired) electrons. The fraction of sp³-hybridized carbons (Fsp3) is 0.467. The number of amidine groups is 1. The Kier molecular flexibility index (Phi) is 5.18. The highest BCUT2D eigenvalue weighted by Gasteiger charge is 2.33. The molecule has 0 fully saturated rings. The van der Waals surface area contributed by atoms with Gasteiger partial charge in [-0.1, -0.05) is 35.5 Å². The van der Waals surface area contributed by atoms with Gasteiger partial charge in [0.05, 0.1) is 0 Å². The van der Waals surface area contributed by atoms with E-state index in [9.17, 15) is 4.79 Å². The number of nitrogens with zero attached hydrogens (tertiary/aromatic N) is 1. The number of nitrogens with one attached hydrogen (secondary N) is 1. The molecule has 1 atom stereocenters. The zero-order chi connectivity index (χ0) is 16.1. The van der Waals surface area contributed by atoms with Gasteiger partial charge in [0.2, 0.25) is 0 Å². The van der Waals surface area contributed by atoms with Gasteiger partial charge in [0.25, 0.3) is 0 Å². The third kappa shape index (κ3) is 5.33. The first kappa shape index (κ1) is 16.8. The number of hydrogen-bond donors (Lipinski definition) is 3. The normalized spacial score (nSPS) is 15.1. The van der Waals surface area contributed by atoms with Crippen molar-refractivity contribution in [1.29, 1.82) is 0 Å². The summed E-state index contributed by atoms with van der Waals surface area (Å²) >= 11 is 0. The molecule has 0 aliphatic carbocycles. The Balaban J connectivity index is 2.92. The molecule has 1 rings (SSSR count). The number of amides is 1. The van der Waals surface area contributed by atoms with Gasteiger partial charge in [-0.05, 0) is 33.3 Å². The van der Waals surface area contributed by atoms with Crippen LogP contribution in [-0.2, 0) is 11.2 Å². The Hall–Kier alpha value is -2.24. The number of ether oxygens (including phenoxy) is 1. The van der Waals surface area contributed by atoms with Gasteiger partial charge in [-0.25, -0.2) is 4.79 Å². The van der Waals surface area contributed by atoms with Gasteiger partial charge in [-0.15, -0.1) is 0 Å². The summed E-state index contributed by atoms with van der Waals surface area (Å²) in [5, 5.41) is 14.7. The van der Waals surface area contributed by atoms with Gasteiger partial charge in [0, 0.05) is 6.42 Å². The summed E-state index contributed by atoms with van der Waals surface area (Å²) in [6, 6.07) is 9.47. The lowest BCUT2D eigenvalue weighted by atomic mass is 9.92. The van der Waals surface area contributed by atoms with E-state index in [4.69, 9.17) is 15.7 Å². The standard InChI is InChI=1S/C15H23N3O3/c1-14(2,3)21-13(19)17-15(4,12(16)18-20)10-11-8-6-5-7-9-11/h5-9,20H,10H2,1-4H3,(H2,16,18)(H,17,19). The van der Waals surface area contributed by atoms with Gasteiger partial charge in [0.15, 0.2) is 5.84 Å². The van der Waals surface area contributed by atoms with Crippen molar-refractivity contribution in [2.24, 2.45) is 10.9 Å². The van der Waals surface area contributed by atoms with Crippen LogP contribution >= 0.6 is 0 Å². The van der Waals surface area contributed by atoms with E-state index in [2.05, 4.69) is 10.5 Å². The lowest BCUT2D eigenvalue weighted by molar-refractivity contribution is 0.0490. The number of benzene rings is 1. The smallest absolute Gasteiger partial charge is 0.408 e. The summed E-state index contributed by atoms with van der Waals surface area (Å²) in [6.45, 7) is 6.98. The molecule has 1 unspecified atom stereocenters. The third-order valence-electron chi connectivity index (χ3n) is 2.85. The van der Waals surface area contributed by atoms with E-state index in [0.717, 1.165) is 5.56 Å². The number of carbonyl (C=O) groups excluding carboxylic acids is 1. The van der Waals surface area contributed by atoms with Crippen LogP contribution in [0.3, 0.4) is 0 Å². The van der Waals surface area contributed by atoms with Crippen LogP contribution in [0.15, 0.2) is 35.5 Å². The number of alkyl carbamates (subject to hydrolysis) is 1. The van der Waals surface area contributed by atoms with Gasteiger partial charge in [-0.2, -0.15) is 0 Å². The fourth-order valence-electron chi connectivity index (χ4n) is 1.84. The largest absolute Gasteiger partial charge is 0.444 e. The van der Waals surface area contributed by atoms with Crippen LogP contribution in [0.25, 0.3) is 0 Å². The van der Waals surface area contributed by atoms with Crippen molar-refractivity contribution in [3.8, 4) is 0 Å². The van der Waals surface area contributed by atoms with Crippen LogP contribution in [0.4, 0.5) is 4.79 Å². The molecule has 0 heterocycles. The zero-order valence-electron chi connectivity index (χ0n) is 12.9. The highest BCUT2D eigenvalue weighted by Crippen LogP contribution is 2.15. The molecular formula is C15H23N3O3. The maximum atomic E-state index is 12.0. The summed E-state index contributed by atoms with van der Waals surface area (Å²) in [5.74, 6) is -0.0859. The third-order valence-corrected chi connectivity index (χ3v) is 2.85. The van der Waals surface area contributed by atoms with Crippen molar-refractivity contribution in [1.82, 2.24) is 5.32 Å². The Morgan fingerprint density at radius 2 is 1.86 bits per heavy atom. The van der Waals surface area contributed by atoms with Crippen molar-refractivity contribution in [3.63, 3.8) is 0 Å². The molecule has 1 amide bonds. The minimum atomic E-state index is -1.04. The molecule has 116 valence electrons. The number of oxime groups is 1. The van der Waals surface area contributed by atoms with Crippen molar-refractivity contribution in [2.45, 2.75) is 45.3 Å². The molecule has 21 heavy (non-hydrogen) atoms. The van der Waals surface area contributed by atoms with E-state index >= 15 is 0 Å². The topological polar surface area (TPSA) is 96.9 Å². The maximum Gasteiger partial charge on any atom is 0.408 e. The molecular weight excluding hydrogens is 270 g/mol. The second-order valence-electron chi connectivity index (χ2n) is 6.11. The van der Waals surface area contributed by atoms with E-state index < -0.39 is 17.2 Å². The van der Waals surface area contributed by atoms with Gasteiger partial charge in [0.1, 0.15) is 11.1 Å². The molecule has 0 aromatic heterocycles. The van der Waals surface area contributed by atoms with E-state index in [1.165, 1.54) is 0 Å². The molecule has 1 aromatic carbocycles. The summed E-state index contributed by atoms with van der Waals surface area (Å²) in [4.78, 5) is 12.0. The average molecular weight is 293 g/mol. The second kappa shape index (κ2) is 6.47. The number of rotatable bonds is 4. The van der Waals surface area contributed by atoms with Crippen molar-refractivity contribution >= 4 is 11.9 Å².